The molecule has 0 radical (unpaired) electrons. The van der Waals surface area contributed by atoms with Crippen LogP contribution in [0.15, 0.2) is 48.5 Å². The Morgan fingerprint density at radius 2 is 1.96 bits per heavy atom. The van der Waals surface area contributed by atoms with E-state index in [0.29, 0.717) is 19.1 Å². The largest absolute Gasteiger partial charge is 0.493 e. The van der Waals surface area contributed by atoms with Crippen molar-refractivity contribution < 1.29 is 9.53 Å². The molecule has 2 aliphatic rings. The van der Waals surface area contributed by atoms with E-state index in [1.54, 1.807) is 0 Å². The van der Waals surface area contributed by atoms with Crippen LogP contribution in [0.5, 0.6) is 5.75 Å². The maximum Gasteiger partial charge on any atom is 0.224 e. The van der Waals surface area contributed by atoms with E-state index in [9.17, 15) is 4.79 Å². The second-order valence-electron chi connectivity index (χ2n) is 7.75. The molecule has 0 aliphatic carbocycles. The molecule has 1 unspecified atom stereocenters. The number of nitrogens with one attached hydrogen (secondary N) is 1. The zero-order chi connectivity index (χ0) is 19.3. The Morgan fingerprint density at radius 1 is 1.11 bits per heavy atom. The summed E-state index contributed by atoms with van der Waals surface area (Å²) in [5.41, 5.74) is 3.41. The molecule has 148 valence electrons. The number of nitrogens with zero attached hydrogens (tertiary/aromatic N) is 2. The summed E-state index contributed by atoms with van der Waals surface area (Å²) >= 11 is 0. The zero-order valence-corrected chi connectivity index (χ0v) is 16.6. The van der Waals surface area contributed by atoms with Gasteiger partial charge in [0.1, 0.15) is 5.75 Å². The number of rotatable bonds is 6. The number of fused-ring (bicyclic) bond motifs is 1. The number of ether oxygens (including phenoxy) is 1. The molecular weight excluding hydrogens is 350 g/mol. The standard InChI is InChI=1S/C23H29N3O2/c1-18-17-25(13-14-26(18)20-6-3-2-4-7-20)12-5-15-28-21-10-8-19-9-11-23(27)24-22(19)16-21/h2-4,6-8,10,16,18H,5,9,11-15,17H2,1H3,(H,24,27). The Hall–Kier alpha value is -2.53. The first-order valence-electron chi connectivity index (χ1n) is 10.3. The Kier molecular flexibility index (Phi) is 5.81. The van der Waals surface area contributed by atoms with Gasteiger partial charge in [0.2, 0.25) is 5.91 Å². The van der Waals surface area contributed by atoms with Crippen LogP contribution in [0.4, 0.5) is 11.4 Å². The molecule has 0 aromatic heterocycles. The summed E-state index contributed by atoms with van der Waals surface area (Å²) in [7, 11) is 0. The van der Waals surface area contributed by atoms with E-state index in [1.165, 1.54) is 11.3 Å². The fourth-order valence-electron chi connectivity index (χ4n) is 4.16. The number of hydrogen-bond donors (Lipinski definition) is 1. The third-order valence-electron chi connectivity index (χ3n) is 5.66. The van der Waals surface area contributed by atoms with Crippen LogP contribution in [0, 0.1) is 0 Å². The van der Waals surface area contributed by atoms with Crippen molar-refractivity contribution >= 4 is 17.3 Å². The molecule has 0 spiro atoms. The minimum atomic E-state index is 0.0911. The van der Waals surface area contributed by atoms with Crippen LogP contribution in [0.1, 0.15) is 25.3 Å². The fraction of sp³-hybridized carbons (Fsp3) is 0.435. The van der Waals surface area contributed by atoms with Crippen molar-refractivity contribution in [3.63, 3.8) is 0 Å². The van der Waals surface area contributed by atoms with Gasteiger partial charge in [0.15, 0.2) is 0 Å². The van der Waals surface area contributed by atoms with E-state index in [-0.39, 0.29) is 5.91 Å². The number of carbonyl (C=O) groups is 1. The van der Waals surface area contributed by atoms with E-state index < -0.39 is 0 Å². The van der Waals surface area contributed by atoms with Gasteiger partial charge in [-0.05, 0) is 43.5 Å². The SMILES string of the molecule is CC1CN(CCCOc2ccc3c(c2)NC(=O)CC3)CCN1c1ccccc1. The van der Waals surface area contributed by atoms with Crippen molar-refractivity contribution in [3.8, 4) is 5.75 Å². The lowest BCUT2D eigenvalue weighted by molar-refractivity contribution is -0.116. The molecule has 2 aromatic carbocycles. The molecule has 1 atom stereocenters. The molecule has 1 fully saturated rings. The fourth-order valence-corrected chi connectivity index (χ4v) is 4.16. The highest BCUT2D eigenvalue weighted by Crippen LogP contribution is 2.27. The van der Waals surface area contributed by atoms with Gasteiger partial charge in [0, 0.05) is 56.1 Å². The van der Waals surface area contributed by atoms with Crippen molar-refractivity contribution in [2.75, 3.05) is 43.0 Å². The second-order valence-corrected chi connectivity index (χ2v) is 7.75. The van der Waals surface area contributed by atoms with Crippen molar-refractivity contribution in [3.05, 3.63) is 54.1 Å². The minimum absolute atomic E-state index is 0.0911. The van der Waals surface area contributed by atoms with Crippen LogP contribution in [0.3, 0.4) is 0 Å². The summed E-state index contributed by atoms with van der Waals surface area (Å²) in [6, 6.07) is 17.2. The highest BCUT2D eigenvalue weighted by atomic mass is 16.5. The van der Waals surface area contributed by atoms with Crippen LogP contribution in [0.2, 0.25) is 0 Å². The number of benzene rings is 2. The molecular formula is C23H29N3O2. The molecule has 0 bridgehead atoms. The van der Waals surface area contributed by atoms with Crippen LogP contribution >= 0.6 is 0 Å². The molecule has 1 saturated heterocycles. The Balaban J connectivity index is 1.21. The average Bonchev–Trinajstić information content (AvgIpc) is 2.71. The first-order valence-corrected chi connectivity index (χ1v) is 10.3. The molecule has 1 amide bonds. The van der Waals surface area contributed by atoms with Crippen molar-refractivity contribution in [1.29, 1.82) is 0 Å². The maximum absolute atomic E-state index is 11.6. The van der Waals surface area contributed by atoms with Gasteiger partial charge in [0.05, 0.1) is 6.61 Å². The van der Waals surface area contributed by atoms with E-state index in [2.05, 4.69) is 58.4 Å². The second kappa shape index (κ2) is 8.65. The van der Waals surface area contributed by atoms with Gasteiger partial charge in [0.25, 0.3) is 0 Å². The van der Waals surface area contributed by atoms with Gasteiger partial charge in [-0.25, -0.2) is 0 Å². The monoisotopic (exact) mass is 379 g/mol. The highest BCUT2D eigenvalue weighted by molar-refractivity contribution is 5.94. The summed E-state index contributed by atoms with van der Waals surface area (Å²) in [4.78, 5) is 16.6. The van der Waals surface area contributed by atoms with E-state index in [0.717, 1.165) is 50.5 Å². The summed E-state index contributed by atoms with van der Waals surface area (Å²) < 4.78 is 5.93. The lowest BCUT2D eigenvalue weighted by Crippen LogP contribution is -2.52. The van der Waals surface area contributed by atoms with E-state index in [4.69, 9.17) is 4.74 Å². The Morgan fingerprint density at radius 3 is 2.79 bits per heavy atom. The average molecular weight is 380 g/mol. The van der Waals surface area contributed by atoms with Gasteiger partial charge in [-0.2, -0.15) is 0 Å². The molecule has 2 aliphatic heterocycles. The number of amides is 1. The van der Waals surface area contributed by atoms with Crippen molar-refractivity contribution in [2.24, 2.45) is 0 Å². The summed E-state index contributed by atoms with van der Waals surface area (Å²) in [6.07, 6.45) is 2.39. The lowest BCUT2D eigenvalue weighted by Gasteiger charge is -2.41. The molecule has 2 heterocycles. The normalized spacial score (nSPS) is 19.8. The Bertz CT molecular complexity index is 809. The first-order chi connectivity index (χ1) is 13.7. The van der Waals surface area contributed by atoms with Gasteiger partial charge < -0.3 is 15.0 Å². The summed E-state index contributed by atoms with van der Waals surface area (Å²) in [5, 5.41) is 2.93. The van der Waals surface area contributed by atoms with Gasteiger partial charge in [-0.1, -0.05) is 24.3 Å². The molecule has 4 rings (SSSR count). The number of para-hydroxylation sites is 1. The van der Waals surface area contributed by atoms with Crippen molar-refractivity contribution in [1.82, 2.24) is 4.90 Å². The van der Waals surface area contributed by atoms with Crippen molar-refractivity contribution in [2.45, 2.75) is 32.2 Å². The van der Waals surface area contributed by atoms with Crippen LogP contribution < -0.4 is 15.0 Å². The lowest BCUT2D eigenvalue weighted by atomic mass is 10.0. The molecule has 5 nitrogen and oxygen atoms in total. The van der Waals surface area contributed by atoms with Gasteiger partial charge >= 0.3 is 0 Å². The molecule has 1 N–H and O–H groups in total. The van der Waals surface area contributed by atoms with Gasteiger partial charge in [-0.3, -0.25) is 9.69 Å². The van der Waals surface area contributed by atoms with Gasteiger partial charge in [-0.15, -0.1) is 0 Å². The molecule has 2 aromatic rings. The van der Waals surface area contributed by atoms with Crippen LogP contribution in [0.25, 0.3) is 0 Å². The minimum Gasteiger partial charge on any atom is -0.493 e. The van der Waals surface area contributed by atoms with E-state index >= 15 is 0 Å². The number of hydrogen-bond acceptors (Lipinski definition) is 4. The molecule has 28 heavy (non-hydrogen) atoms. The zero-order valence-electron chi connectivity index (χ0n) is 16.6. The number of aryl methyl sites for hydroxylation is 1. The maximum atomic E-state index is 11.6. The van der Waals surface area contributed by atoms with E-state index in [1.807, 2.05) is 12.1 Å². The topological polar surface area (TPSA) is 44.8 Å². The predicted molar refractivity (Wildman–Crippen MR) is 113 cm³/mol. The smallest absolute Gasteiger partial charge is 0.224 e. The quantitative estimate of drug-likeness (QED) is 0.780. The number of anilines is 2. The number of piperazine rings is 1. The Labute approximate surface area is 167 Å². The molecule has 5 heteroatoms. The first kappa shape index (κ1) is 18.8. The van der Waals surface area contributed by atoms with Crippen LogP contribution in [-0.4, -0.2) is 49.6 Å². The van der Waals surface area contributed by atoms with Crippen LogP contribution in [-0.2, 0) is 11.2 Å². The predicted octanol–water partition coefficient (Wildman–Crippen LogP) is 3.55. The summed E-state index contributed by atoms with van der Waals surface area (Å²) in [5.74, 6) is 0.927. The molecule has 0 saturated carbocycles. The highest BCUT2D eigenvalue weighted by Gasteiger charge is 2.23. The third-order valence-corrected chi connectivity index (χ3v) is 5.66. The number of carbonyl (C=O) groups excluding carboxylic acids is 1. The third kappa shape index (κ3) is 4.47. The summed E-state index contributed by atoms with van der Waals surface area (Å²) in [6.45, 7) is 7.28.